The van der Waals surface area contributed by atoms with Gasteiger partial charge in [-0.25, -0.2) is 22.5 Å². The lowest BCUT2D eigenvalue weighted by Gasteiger charge is -2.35. The Bertz CT molecular complexity index is 2050. The van der Waals surface area contributed by atoms with Crippen molar-refractivity contribution in [1.82, 2.24) is 4.58 Å². The smallest absolute Gasteiger partial charge is 0.339 e. The van der Waals surface area contributed by atoms with Gasteiger partial charge < -0.3 is 19.8 Å². The molecule has 5 aliphatic heterocycles. The molecule has 5 heterocycles. The summed E-state index contributed by atoms with van der Waals surface area (Å²) >= 11 is 0.302. The highest BCUT2D eigenvalue weighted by Crippen LogP contribution is 2.49. The monoisotopic (exact) mass is 663 g/mol. The Morgan fingerprint density at radius 1 is 0.830 bits per heavy atom. The van der Waals surface area contributed by atoms with Crippen LogP contribution in [0, 0.1) is 17.5 Å². The zero-order chi connectivity index (χ0) is 32.6. The van der Waals surface area contributed by atoms with Crippen LogP contribution < -0.4 is 24.8 Å². The Labute approximate surface area is 273 Å². The highest BCUT2D eigenvalue weighted by atomic mass is 32.2. The Balaban J connectivity index is 1.55. The molecule has 3 aromatic carbocycles. The third-order valence-corrected chi connectivity index (χ3v) is 11.3. The van der Waals surface area contributed by atoms with Crippen LogP contribution in [0.25, 0.3) is 5.57 Å². The zero-order valence-corrected chi connectivity index (χ0v) is 26.6. The van der Waals surface area contributed by atoms with Gasteiger partial charge >= 0.3 is 11.9 Å². The van der Waals surface area contributed by atoms with Crippen molar-refractivity contribution in [3.8, 4) is 11.5 Å². The van der Waals surface area contributed by atoms with E-state index in [4.69, 9.17) is 4.74 Å². The number of halogens is 3. The molecule has 0 unspecified atom stereocenters. The minimum Gasteiger partial charge on any atom is -0.481 e. The highest BCUT2D eigenvalue weighted by molar-refractivity contribution is 8.00. The van der Waals surface area contributed by atoms with Crippen molar-refractivity contribution in [3.05, 3.63) is 79.1 Å². The predicted octanol–water partition coefficient (Wildman–Crippen LogP) is 5.19. The standard InChI is InChI=1S/C36H33F3N2O5S/c37-28-27(36(44)45)26(29(38)35(30(28)39)47-17-24(42)43)25-22-15-18-7-1-3-11-40-13-5-9-20(31(18)40)33(22)46-34-21-10-6-14-41-12-4-2-8-19(32(21)41)16-23(25)34/h15-16H,1-14,17H2,(H-,42,43,44,45)/p+1. The summed E-state index contributed by atoms with van der Waals surface area (Å²) < 4.78 is 57.6. The first-order chi connectivity index (χ1) is 22.7. The van der Waals surface area contributed by atoms with E-state index in [2.05, 4.69) is 9.48 Å². The van der Waals surface area contributed by atoms with E-state index in [1.165, 1.54) is 0 Å². The Morgan fingerprint density at radius 3 is 2.38 bits per heavy atom. The van der Waals surface area contributed by atoms with Crippen LogP contribution in [-0.2, 0) is 30.5 Å². The van der Waals surface area contributed by atoms with Crippen LogP contribution in [-0.4, -0.2) is 54.1 Å². The third-order valence-electron chi connectivity index (χ3n) is 10.3. The fourth-order valence-corrected chi connectivity index (χ4v) is 9.15. The minimum atomic E-state index is -1.81. The number of rotatable bonds is 5. The van der Waals surface area contributed by atoms with Crippen LogP contribution in [0.3, 0.4) is 0 Å². The fourth-order valence-electron chi connectivity index (χ4n) is 8.43. The molecule has 3 aromatic rings. The van der Waals surface area contributed by atoms with E-state index < -0.39 is 51.2 Å². The topological polar surface area (TPSA) is 90.1 Å². The van der Waals surface area contributed by atoms with Gasteiger partial charge in [-0.1, -0.05) is 0 Å². The van der Waals surface area contributed by atoms with E-state index in [-0.39, 0.29) is 5.57 Å². The number of hydrogen-bond donors (Lipinski definition) is 2. The van der Waals surface area contributed by atoms with Crippen LogP contribution in [0.2, 0.25) is 0 Å². The van der Waals surface area contributed by atoms with E-state index in [1.54, 1.807) is 0 Å². The van der Waals surface area contributed by atoms with Gasteiger partial charge in [-0.3, -0.25) is 4.79 Å². The van der Waals surface area contributed by atoms with Crippen molar-refractivity contribution in [2.75, 3.05) is 36.8 Å². The van der Waals surface area contributed by atoms with E-state index in [0.717, 1.165) is 111 Å². The number of fused-ring (bicyclic) bond motifs is 4. The van der Waals surface area contributed by atoms with Crippen LogP contribution >= 0.6 is 11.8 Å². The van der Waals surface area contributed by atoms with Gasteiger partial charge in [-0.15, -0.1) is 11.8 Å². The van der Waals surface area contributed by atoms with Gasteiger partial charge in [0.2, 0.25) is 5.36 Å². The first-order valence-electron chi connectivity index (χ1n) is 16.5. The maximum absolute atomic E-state index is 16.9. The van der Waals surface area contributed by atoms with Crippen molar-refractivity contribution >= 4 is 35.0 Å². The molecule has 2 N–H and O–H groups in total. The number of carboxylic acid groups (broad SMARTS) is 2. The van der Waals surface area contributed by atoms with E-state index in [9.17, 15) is 19.8 Å². The molecule has 0 saturated heterocycles. The van der Waals surface area contributed by atoms with Crippen molar-refractivity contribution in [2.24, 2.45) is 0 Å². The molecule has 11 heteroatoms. The molecule has 0 radical (unpaired) electrons. The van der Waals surface area contributed by atoms with Gasteiger partial charge in [0.25, 0.3) is 0 Å². The lowest BCUT2D eigenvalue weighted by Crippen LogP contribution is -2.41. The first-order valence-corrected chi connectivity index (χ1v) is 17.4. The predicted molar refractivity (Wildman–Crippen MR) is 171 cm³/mol. The normalized spacial score (nSPS) is 17.9. The molecule has 0 aliphatic carbocycles. The van der Waals surface area contributed by atoms with Gasteiger partial charge in [0, 0.05) is 64.7 Å². The molecular formula is C36H34F3N2O5S+. The Kier molecular flexibility index (Phi) is 7.50. The summed E-state index contributed by atoms with van der Waals surface area (Å²) in [6.45, 7) is 3.63. The highest BCUT2D eigenvalue weighted by Gasteiger charge is 2.39. The SMILES string of the molecule is O=C(O)CSc1c(F)c(F)c(C(=O)O)c(C2=c3cc4c5c(c3Oc3c2cc2c6c3CCCN6CCCC2)CCC[N+]=5CCCC4)c1F. The van der Waals surface area contributed by atoms with E-state index in [1.807, 2.05) is 12.1 Å². The quantitative estimate of drug-likeness (QED) is 0.173. The molecule has 0 saturated carbocycles. The molecular weight excluding hydrogens is 629 g/mol. The number of benzene rings is 3. The van der Waals surface area contributed by atoms with Crippen LogP contribution in [0.1, 0.15) is 82.3 Å². The molecule has 0 bridgehead atoms. The molecule has 244 valence electrons. The molecule has 0 spiro atoms. The number of carboxylic acids is 2. The number of aromatic carboxylic acids is 1. The number of carbonyl (C=O) groups is 2. The maximum atomic E-state index is 16.9. The maximum Gasteiger partial charge on any atom is 0.339 e. The lowest BCUT2D eigenvalue weighted by molar-refractivity contribution is -0.133. The second kappa shape index (κ2) is 11.6. The van der Waals surface area contributed by atoms with Gasteiger partial charge in [-0.2, -0.15) is 0 Å². The van der Waals surface area contributed by atoms with Gasteiger partial charge in [0.05, 0.1) is 16.2 Å². The fraction of sp³-hybridized carbons (Fsp3) is 0.417. The number of anilines is 1. The lowest BCUT2D eigenvalue weighted by atomic mass is 9.82. The van der Waals surface area contributed by atoms with Crippen LogP contribution in [0.4, 0.5) is 18.9 Å². The van der Waals surface area contributed by atoms with Crippen molar-refractivity contribution < 1.29 is 37.7 Å². The molecule has 0 amide bonds. The molecule has 0 aromatic heterocycles. The summed E-state index contributed by atoms with van der Waals surface area (Å²) in [5.41, 5.74) is 4.10. The summed E-state index contributed by atoms with van der Waals surface area (Å²) in [7, 11) is 0. The zero-order valence-electron chi connectivity index (χ0n) is 25.8. The molecule has 5 aliphatic rings. The number of ether oxygens (including phenoxy) is 1. The second-order valence-electron chi connectivity index (χ2n) is 13.1. The molecule has 0 fully saturated rings. The second-order valence-corrected chi connectivity index (χ2v) is 14.0. The molecule has 0 atom stereocenters. The largest absolute Gasteiger partial charge is 0.481 e. The van der Waals surface area contributed by atoms with Gasteiger partial charge in [0.15, 0.2) is 11.6 Å². The summed E-state index contributed by atoms with van der Waals surface area (Å²) in [5, 5.41) is 21.2. The summed E-state index contributed by atoms with van der Waals surface area (Å²) in [5.74, 6) is -7.55. The van der Waals surface area contributed by atoms with Gasteiger partial charge in [-0.05, 0) is 69.1 Å². The van der Waals surface area contributed by atoms with Crippen molar-refractivity contribution in [1.29, 1.82) is 0 Å². The number of nitrogens with zero attached hydrogens (tertiary/aromatic N) is 2. The number of aryl methyl sites for hydroxylation is 2. The molecule has 47 heavy (non-hydrogen) atoms. The van der Waals surface area contributed by atoms with E-state index in [0.29, 0.717) is 46.9 Å². The van der Waals surface area contributed by atoms with E-state index >= 15 is 13.2 Å². The average molecular weight is 664 g/mol. The minimum absolute atomic E-state index is 0.160. The Hall–Kier alpha value is -3.99. The van der Waals surface area contributed by atoms with Crippen molar-refractivity contribution in [2.45, 2.75) is 69.1 Å². The number of aliphatic carboxylic acids is 1. The van der Waals surface area contributed by atoms with Crippen molar-refractivity contribution in [3.63, 3.8) is 0 Å². The Morgan fingerprint density at radius 2 is 1.57 bits per heavy atom. The number of hydrogen-bond acceptors (Lipinski definition) is 5. The average Bonchev–Trinajstić information content (AvgIpc) is 3.39. The summed E-state index contributed by atoms with van der Waals surface area (Å²) in [6, 6.07) is 3.88. The molecule has 8 rings (SSSR count). The number of thioether (sulfide) groups is 1. The third kappa shape index (κ3) is 4.75. The van der Waals surface area contributed by atoms with Gasteiger partial charge in [0.1, 0.15) is 36.0 Å². The van der Waals surface area contributed by atoms with Crippen LogP contribution in [0.5, 0.6) is 11.5 Å². The first kappa shape index (κ1) is 30.4. The summed E-state index contributed by atoms with van der Waals surface area (Å²) in [4.78, 5) is 25.7. The van der Waals surface area contributed by atoms with Crippen LogP contribution in [0.15, 0.2) is 17.0 Å². The summed E-state index contributed by atoms with van der Waals surface area (Å²) in [6.07, 6.45) is 8.62. The molecule has 7 nitrogen and oxygen atoms in total.